The van der Waals surface area contributed by atoms with E-state index >= 15 is 0 Å². The van der Waals surface area contributed by atoms with Gasteiger partial charge in [-0.05, 0) is 35.8 Å². The molecule has 0 unspecified atom stereocenters. The van der Waals surface area contributed by atoms with Crippen molar-refractivity contribution in [3.05, 3.63) is 24.3 Å². The Morgan fingerprint density at radius 1 is 1.44 bits per heavy atom. The van der Waals surface area contributed by atoms with Gasteiger partial charge in [0.05, 0.1) is 12.9 Å². The van der Waals surface area contributed by atoms with E-state index in [0.717, 1.165) is 15.7 Å². The normalized spacial score (nSPS) is 10.3. The topological polar surface area (TPSA) is 78.1 Å². The smallest absolute Gasteiger partial charge is 0.227 e. The molecule has 1 heterocycles. The maximum absolute atomic E-state index is 10.7. The molecule has 0 aliphatic rings. The van der Waals surface area contributed by atoms with Crippen LogP contribution in [0.25, 0.3) is 11.4 Å². The Hall–Kier alpha value is -1.60. The quantitative estimate of drug-likeness (QED) is 0.845. The SMILES string of the molecule is COc1ccc(-c2nsc(SCC(N)=O)n2)cc1. The highest BCUT2D eigenvalue weighted by Crippen LogP contribution is 2.26. The predicted octanol–water partition coefficient (Wildman–Crippen LogP) is 1.79. The molecule has 1 aromatic carbocycles. The number of methoxy groups -OCH3 is 1. The zero-order valence-electron chi connectivity index (χ0n) is 9.62. The first-order valence-corrected chi connectivity index (χ1v) is 6.84. The second-order valence-corrected chi connectivity index (χ2v) is 5.34. The minimum absolute atomic E-state index is 0.219. The number of carbonyl (C=O) groups excluding carboxylic acids is 1. The zero-order chi connectivity index (χ0) is 13.0. The highest BCUT2D eigenvalue weighted by molar-refractivity contribution is 8.01. The average molecular weight is 281 g/mol. The number of rotatable bonds is 5. The largest absolute Gasteiger partial charge is 0.497 e. The van der Waals surface area contributed by atoms with Gasteiger partial charge >= 0.3 is 0 Å². The molecule has 0 aliphatic heterocycles. The Morgan fingerprint density at radius 3 is 2.78 bits per heavy atom. The lowest BCUT2D eigenvalue weighted by Crippen LogP contribution is -2.12. The molecule has 2 N–H and O–H groups in total. The first-order valence-electron chi connectivity index (χ1n) is 5.08. The standard InChI is InChI=1S/C11H11N3O2S2/c1-16-8-4-2-7(3-5-8)10-13-11(18-14-10)17-6-9(12)15/h2-5H,6H2,1H3,(H2,12,15). The van der Waals surface area contributed by atoms with Gasteiger partial charge in [0.25, 0.3) is 0 Å². The van der Waals surface area contributed by atoms with E-state index in [1.165, 1.54) is 23.3 Å². The van der Waals surface area contributed by atoms with E-state index in [0.29, 0.717) is 5.82 Å². The summed E-state index contributed by atoms with van der Waals surface area (Å²) in [5.41, 5.74) is 5.99. The molecule has 0 spiro atoms. The van der Waals surface area contributed by atoms with Crippen LogP contribution in [0.3, 0.4) is 0 Å². The Kier molecular flexibility index (Phi) is 4.16. The molecule has 2 aromatic rings. The number of amides is 1. The molecular weight excluding hydrogens is 270 g/mol. The van der Waals surface area contributed by atoms with Crippen molar-refractivity contribution >= 4 is 29.2 Å². The maximum atomic E-state index is 10.7. The number of ether oxygens (including phenoxy) is 1. The number of thioether (sulfide) groups is 1. The number of carbonyl (C=O) groups is 1. The number of aromatic nitrogens is 2. The van der Waals surface area contributed by atoms with Crippen LogP contribution in [0.1, 0.15) is 0 Å². The Labute approximate surface area is 113 Å². The van der Waals surface area contributed by atoms with Crippen molar-refractivity contribution in [2.24, 2.45) is 5.73 Å². The van der Waals surface area contributed by atoms with Gasteiger partial charge in [0.15, 0.2) is 10.2 Å². The third-order valence-electron chi connectivity index (χ3n) is 2.09. The molecule has 0 fully saturated rings. The van der Waals surface area contributed by atoms with Crippen LogP contribution in [0.5, 0.6) is 5.75 Å². The third-order valence-corrected chi connectivity index (χ3v) is 3.95. The minimum atomic E-state index is -0.360. The monoisotopic (exact) mass is 281 g/mol. The maximum Gasteiger partial charge on any atom is 0.227 e. The minimum Gasteiger partial charge on any atom is -0.497 e. The number of benzene rings is 1. The summed E-state index contributed by atoms with van der Waals surface area (Å²) in [6, 6.07) is 7.49. The molecule has 5 nitrogen and oxygen atoms in total. The van der Waals surface area contributed by atoms with Crippen LogP contribution in [0.15, 0.2) is 28.6 Å². The van der Waals surface area contributed by atoms with Gasteiger partial charge in [-0.15, -0.1) is 0 Å². The molecule has 18 heavy (non-hydrogen) atoms. The van der Waals surface area contributed by atoms with Crippen LogP contribution in [-0.4, -0.2) is 28.1 Å². The molecule has 0 bridgehead atoms. The second-order valence-electron chi connectivity index (χ2n) is 3.37. The fourth-order valence-electron chi connectivity index (χ4n) is 1.26. The first kappa shape index (κ1) is 12.8. The average Bonchev–Trinajstić information content (AvgIpc) is 2.85. The van der Waals surface area contributed by atoms with E-state index < -0.39 is 0 Å². The third kappa shape index (κ3) is 3.21. The van der Waals surface area contributed by atoms with Crippen molar-refractivity contribution in [2.75, 3.05) is 12.9 Å². The Morgan fingerprint density at radius 2 is 2.17 bits per heavy atom. The fraction of sp³-hybridized carbons (Fsp3) is 0.182. The van der Waals surface area contributed by atoms with Gasteiger partial charge in [-0.1, -0.05) is 11.8 Å². The van der Waals surface area contributed by atoms with Gasteiger partial charge in [-0.2, -0.15) is 4.37 Å². The predicted molar refractivity (Wildman–Crippen MR) is 71.8 cm³/mol. The number of primary amides is 1. The molecule has 7 heteroatoms. The molecule has 0 radical (unpaired) electrons. The van der Waals surface area contributed by atoms with Gasteiger partial charge in [0, 0.05) is 5.56 Å². The number of nitrogens with two attached hydrogens (primary N) is 1. The number of nitrogens with zero attached hydrogens (tertiary/aromatic N) is 2. The van der Waals surface area contributed by atoms with Gasteiger partial charge in [-0.25, -0.2) is 4.98 Å². The summed E-state index contributed by atoms with van der Waals surface area (Å²) >= 11 is 2.56. The van der Waals surface area contributed by atoms with Crippen molar-refractivity contribution in [3.63, 3.8) is 0 Å². The fourth-order valence-corrected chi connectivity index (χ4v) is 2.61. The molecule has 1 aromatic heterocycles. The lowest BCUT2D eigenvalue weighted by atomic mass is 10.2. The van der Waals surface area contributed by atoms with Gasteiger partial charge < -0.3 is 10.5 Å². The Bertz CT molecular complexity index is 539. The van der Waals surface area contributed by atoms with Crippen molar-refractivity contribution in [1.82, 2.24) is 9.36 Å². The molecule has 2 rings (SSSR count). The Balaban J connectivity index is 2.10. The summed E-state index contributed by atoms with van der Waals surface area (Å²) in [5.74, 6) is 1.30. The van der Waals surface area contributed by atoms with E-state index in [4.69, 9.17) is 10.5 Å². The van der Waals surface area contributed by atoms with Gasteiger partial charge in [0.2, 0.25) is 5.91 Å². The number of hydrogen-bond donors (Lipinski definition) is 1. The summed E-state index contributed by atoms with van der Waals surface area (Å²) in [6.07, 6.45) is 0. The van der Waals surface area contributed by atoms with Crippen molar-refractivity contribution < 1.29 is 9.53 Å². The number of hydrogen-bond acceptors (Lipinski definition) is 6. The van der Waals surface area contributed by atoms with E-state index in [1.807, 2.05) is 24.3 Å². The van der Waals surface area contributed by atoms with Crippen LogP contribution >= 0.6 is 23.3 Å². The van der Waals surface area contributed by atoms with Crippen molar-refractivity contribution in [1.29, 1.82) is 0 Å². The lowest BCUT2D eigenvalue weighted by molar-refractivity contribution is -0.115. The van der Waals surface area contributed by atoms with E-state index in [2.05, 4.69) is 9.36 Å². The van der Waals surface area contributed by atoms with E-state index in [-0.39, 0.29) is 11.7 Å². The van der Waals surface area contributed by atoms with Crippen molar-refractivity contribution in [2.45, 2.75) is 4.34 Å². The molecule has 0 saturated carbocycles. The van der Waals surface area contributed by atoms with Crippen LogP contribution in [-0.2, 0) is 4.79 Å². The van der Waals surface area contributed by atoms with Gasteiger partial charge in [-0.3, -0.25) is 4.79 Å². The molecular formula is C11H11N3O2S2. The second kappa shape index (κ2) is 5.83. The van der Waals surface area contributed by atoms with Crippen molar-refractivity contribution in [3.8, 4) is 17.1 Å². The van der Waals surface area contributed by atoms with Gasteiger partial charge in [0.1, 0.15) is 5.75 Å². The summed E-state index contributed by atoms with van der Waals surface area (Å²) in [4.78, 5) is 15.0. The molecule has 1 amide bonds. The van der Waals surface area contributed by atoms with Crippen LogP contribution in [0.4, 0.5) is 0 Å². The van der Waals surface area contributed by atoms with Crippen LogP contribution in [0, 0.1) is 0 Å². The van der Waals surface area contributed by atoms with Crippen LogP contribution in [0.2, 0.25) is 0 Å². The highest BCUT2D eigenvalue weighted by Gasteiger charge is 2.08. The summed E-state index contributed by atoms with van der Waals surface area (Å²) in [7, 11) is 1.62. The molecule has 0 atom stereocenters. The zero-order valence-corrected chi connectivity index (χ0v) is 11.3. The molecule has 0 aliphatic carbocycles. The summed E-state index contributed by atoms with van der Waals surface area (Å²) in [6.45, 7) is 0. The molecule has 0 saturated heterocycles. The van der Waals surface area contributed by atoms with E-state index in [9.17, 15) is 4.79 Å². The molecule has 94 valence electrons. The lowest BCUT2D eigenvalue weighted by Gasteiger charge is -1.99. The highest BCUT2D eigenvalue weighted by atomic mass is 32.2. The van der Waals surface area contributed by atoms with Crippen LogP contribution < -0.4 is 10.5 Å². The van der Waals surface area contributed by atoms with E-state index in [1.54, 1.807) is 7.11 Å². The summed E-state index contributed by atoms with van der Waals surface area (Å²) < 4.78 is 10.1. The first-order chi connectivity index (χ1) is 8.69. The summed E-state index contributed by atoms with van der Waals surface area (Å²) in [5, 5.41) is 0.